The van der Waals surface area contributed by atoms with Crippen LogP contribution in [-0.4, -0.2) is 24.5 Å². The summed E-state index contributed by atoms with van der Waals surface area (Å²) in [5.41, 5.74) is 5.36. The summed E-state index contributed by atoms with van der Waals surface area (Å²) in [4.78, 5) is 0.378. The van der Waals surface area contributed by atoms with Crippen molar-refractivity contribution >= 4 is 21.4 Å². The molecule has 0 aliphatic carbocycles. The molecule has 4 nitrogen and oxygen atoms in total. The van der Waals surface area contributed by atoms with Crippen molar-refractivity contribution in [1.29, 1.82) is 0 Å². The van der Waals surface area contributed by atoms with Gasteiger partial charge in [-0.15, -0.1) is 0 Å². The average Bonchev–Trinajstić information content (AvgIpc) is 3.11. The van der Waals surface area contributed by atoms with Crippen LogP contribution in [0.25, 0.3) is 22.5 Å². The Labute approximate surface area is 182 Å². The van der Waals surface area contributed by atoms with Gasteiger partial charge in [-0.3, -0.25) is 4.68 Å². The zero-order valence-electron chi connectivity index (χ0n) is 17.1. The zero-order chi connectivity index (χ0) is 21.7. The van der Waals surface area contributed by atoms with Gasteiger partial charge in [0.2, 0.25) is 0 Å². The van der Waals surface area contributed by atoms with E-state index in [-0.39, 0.29) is 0 Å². The van der Waals surface area contributed by atoms with Crippen molar-refractivity contribution in [1.82, 2.24) is 9.78 Å². The lowest BCUT2D eigenvalue weighted by Crippen LogP contribution is -1.95. The van der Waals surface area contributed by atoms with Crippen molar-refractivity contribution in [3.8, 4) is 22.5 Å². The van der Waals surface area contributed by atoms with E-state index in [1.807, 2.05) is 61.1 Å². The maximum atomic E-state index is 10.9. The van der Waals surface area contributed by atoms with Gasteiger partial charge in [0.15, 0.2) is 9.84 Å². The van der Waals surface area contributed by atoms with E-state index >= 15 is 0 Å². The van der Waals surface area contributed by atoms with Crippen LogP contribution in [0.3, 0.4) is 0 Å². The van der Waals surface area contributed by atoms with Crippen LogP contribution in [0.4, 0.5) is 0 Å². The lowest BCUT2D eigenvalue weighted by molar-refractivity contribution is 0.602. The third-order valence-electron chi connectivity index (χ3n) is 4.54. The van der Waals surface area contributed by atoms with Crippen molar-refractivity contribution in [2.75, 3.05) is 6.26 Å². The van der Waals surface area contributed by atoms with Gasteiger partial charge in [0.05, 0.1) is 16.3 Å². The minimum absolute atomic E-state index is 0.378. The second kappa shape index (κ2) is 9.28. The fourth-order valence-electron chi connectivity index (χ4n) is 2.89. The molecule has 4 rings (SSSR count). The Morgan fingerprint density at radius 1 is 0.833 bits per heavy atom. The van der Waals surface area contributed by atoms with E-state index in [4.69, 9.17) is 11.6 Å². The van der Waals surface area contributed by atoms with Crippen LogP contribution in [0.5, 0.6) is 0 Å². The van der Waals surface area contributed by atoms with E-state index in [0.717, 1.165) is 33.1 Å². The summed E-state index contributed by atoms with van der Waals surface area (Å²) >= 11 is 5.92. The molecule has 0 fully saturated rings. The number of sulfone groups is 1. The second-order valence-electron chi connectivity index (χ2n) is 7.00. The van der Waals surface area contributed by atoms with Crippen molar-refractivity contribution in [2.24, 2.45) is 7.05 Å². The number of aryl methyl sites for hydroxylation is 2. The average molecular weight is 439 g/mol. The molecule has 0 unspecified atom stereocenters. The van der Waals surface area contributed by atoms with E-state index in [9.17, 15) is 8.42 Å². The molecule has 0 aliphatic heterocycles. The van der Waals surface area contributed by atoms with Gasteiger partial charge in [-0.25, -0.2) is 8.42 Å². The second-order valence-corrected chi connectivity index (χ2v) is 9.45. The molecular formula is C24H23ClN2O2S. The molecule has 30 heavy (non-hydrogen) atoms. The maximum Gasteiger partial charge on any atom is 0.175 e. The topological polar surface area (TPSA) is 52.0 Å². The van der Waals surface area contributed by atoms with Gasteiger partial charge in [-0.05, 0) is 42.8 Å². The highest BCUT2D eigenvalue weighted by Crippen LogP contribution is 2.26. The SMILES string of the molecule is Cc1ccc(S(C)(=O)=O)cc1.Cn1nc(-c2ccccc2)cc1-c1ccc(Cl)cc1. The lowest BCUT2D eigenvalue weighted by Gasteiger charge is -2.00. The molecule has 154 valence electrons. The highest BCUT2D eigenvalue weighted by molar-refractivity contribution is 7.90. The first kappa shape index (κ1) is 21.8. The number of benzene rings is 3. The smallest absolute Gasteiger partial charge is 0.175 e. The molecule has 3 aromatic carbocycles. The summed E-state index contributed by atoms with van der Waals surface area (Å²) in [6.45, 7) is 1.92. The summed E-state index contributed by atoms with van der Waals surface area (Å²) in [5.74, 6) is 0. The Hall–Kier alpha value is -2.89. The van der Waals surface area contributed by atoms with E-state index in [2.05, 4.69) is 23.3 Å². The van der Waals surface area contributed by atoms with E-state index in [0.29, 0.717) is 4.90 Å². The molecular weight excluding hydrogens is 416 g/mol. The standard InChI is InChI=1S/C16H13ClN2.C8H10O2S/c1-19-16(13-7-9-14(17)10-8-13)11-15(18-19)12-5-3-2-4-6-12;1-7-3-5-8(6-4-7)11(2,9)10/h2-11H,1H3;3-6H,1-2H3. The lowest BCUT2D eigenvalue weighted by atomic mass is 10.1. The fourth-order valence-corrected chi connectivity index (χ4v) is 3.65. The predicted octanol–water partition coefficient (Wildman–Crippen LogP) is 5.81. The van der Waals surface area contributed by atoms with Gasteiger partial charge in [0, 0.05) is 23.9 Å². The number of rotatable bonds is 3. The minimum Gasteiger partial charge on any atom is -0.267 e. The van der Waals surface area contributed by atoms with Crippen molar-refractivity contribution in [3.63, 3.8) is 0 Å². The summed E-state index contributed by atoms with van der Waals surface area (Å²) in [6, 6.07) is 26.9. The monoisotopic (exact) mass is 438 g/mol. The normalized spacial score (nSPS) is 10.9. The Morgan fingerprint density at radius 2 is 1.43 bits per heavy atom. The quantitative estimate of drug-likeness (QED) is 0.405. The van der Waals surface area contributed by atoms with Crippen LogP contribution in [0.2, 0.25) is 5.02 Å². The molecule has 0 aliphatic rings. The van der Waals surface area contributed by atoms with Crippen molar-refractivity contribution in [3.05, 3.63) is 95.5 Å². The number of halogens is 1. The Kier molecular flexibility index (Phi) is 6.75. The molecule has 4 aromatic rings. The number of hydrogen-bond donors (Lipinski definition) is 0. The molecule has 0 radical (unpaired) electrons. The molecule has 0 bridgehead atoms. The van der Waals surface area contributed by atoms with Gasteiger partial charge in [-0.2, -0.15) is 5.10 Å². The Morgan fingerprint density at radius 3 is 2.00 bits per heavy atom. The Bertz CT molecular complexity index is 1210. The van der Waals surface area contributed by atoms with Crippen LogP contribution >= 0.6 is 11.6 Å². The summed E-state index contributed by atoms with van der Waals surface area (Å²) in [7, 11) is -1.06. The van der Waals surface area contributed by atoms with E-state index < -0.39 is 9.84 Å². The number of aromatic nitrogens is 2. The first-order chi connectivity index (χ1) is 14.2. The highest BCUT2D eigenvalue weighted by atomic mass is 35.5. The summed E-state index contributed by atoms with van der Waals surface area (Å²) < 4.78 is 23.8. The van der Waals surface area contributed by atoms with Crippen LogP contribution in [0.1, 0.15) is 5.56 Å². The maximum absolute atomic E-state index is 10.9. The third kappa shape index (κ3) is 5.59. The van der Waals surface area contributed by atoms with Gasteiger partial charge >= 0.3 is 0 Å². The van der Waals surface area contributed by atoms with E-state index in [1.54, 1.807) is 24.3 Å². The van der Waals surface area contributed by atoms with Gasteiger partial charge in [-0.1, -0.05) is 71.8 Å². The molecule has 0 spiro atoms. The van der Waals surface area contributed by atoms with Gasteiger partial charge in [0.1, 0.15) is 0 Å². The number of hydrogen-bond acceptors (Lipinski definition) is 3. The molecule has 0 saturated heterocycles. The van der Waals surface area contributed by atoms with Gasteiger partial charge < -0.3 is 0 Å². The molecule has 0 amide bonds. The van der Waals surface area contributed by atoms with Crippen LogP contribution in [-0.2, 0) is 16.9 Å². The first-order valence-electron chi connectivity index (χ1n) is 9.36. The fraction of sp³-hybridized carbons (Fsp3) is 0.125. The molecule has 1 aromatic heterocycles. The van der Waals surface area contributed by atoms with Gasteiger partial charge in [0.25, 0.3) is 0 Å². The molecule has 1 heterocycles. The third-order valence-corrected chi connectivity index (χ3v) is 5.92. The van der Waals surface area contributed by atoms with E-state index in [1.165, 1.54) is 6.26 Å². The first-order valence-corrected chi connectivity index (χ1v) is 11.6. The largest absolute Gasteiger partial charge is 0.267 e. The zero-order valence-corrected chi connectivity index (χ0v) is 18.7. The van der Waals surface area contributed by atoms with Crippen molar-refractivity contribution in [2.45, 2.75) is 11.8 Å². The molecule has 0 atom stereocenters. The summed E-state index contributed by atoms with van der Waals surface area (Å²) in [6.07, 6.45) is 1.21. The van der Waals surface area contributed by atoms with Crippen LogP contribution in [0.15, 0.2) is 89.8 Å². The van der Waals surface area contributed by atoms with Crippen LogP contribution < -0.4 is 0 Å². The number of nitrogens with zero attached hydrogens (tertiary/aromatic N) is 2. The Balaban J connectivity index is 0.000000199. The minimum atomic E-state index is -3.02. The predicted molar refractivity (Wildman–Crippen MR) is 123 cm³/mol. The molecule has 0 N–H and O–H groups in total. The molecule has 6 heteroatoms. The molecule has 0 saturated carbocycles. The summed E-state index contributed by atoms with van der Waals surface area (Å²) in [5, 5.41) is 5.31. The van der Waals surface area contributed by atoms with Crippen LogP contribution in [0, 0.1) is 6.92 Å². The highest BCUT2D eigenvalue weighted by Gasteiger charge is 2.08. The van der Waals surface area contributed by atoms with Crippen molar-refractivity contribution < 1.29 is 8.42 Å².